The minimum Gasteiger partial charge on any atom is -0.515 e. The molecule has 0 fully saturated rings. The first-order chi connectivity index (χ1) is 10.9. The quantitative estimate of drug-likeness (QED) is 0.441. The minimum atomic E-state index is -1.19. The molecule has 2 rings (SSSR count). The number of benzene rings is 2. The molecular weight excluding hydrogens is 332 g/mol. The lowest BCUT2D eigenvalue weighted by atomic mass is 10.1. The normalized spacial score (nSPS) is 11.5. The van der Waals surface area contributed by atoms with Crippen molar-refractivity contribution in [2.75, 3.05) is 0 Å². The highest BCUT2D eigenvalue weighted by Gasteiger charge is 2.17. The fourth-order valence-electron chi connectivity index (χ4n) is 2.21. The van der Waals surface area contributed by atoms with Crippen LogP contribution in [0.2, 0.25) is 5.02 Å². The predicted molar refractivity (Wildman–Crippen MR) is 95.2 cm³/mol. The van der Waals surface area contributed by atoms with Gasteiger partial charge < -0.3 is 10.2 Å². The first kappa shape index (κ1) is 17.4. The Morgan fingerprint density at radius 1 is 1.26 bits per heavy atom. The summed E-state index contributed by atoms with van der Waals surface area (Å²) in [6.45, 7) is 4.07. The molecule has 2 aromatic carbocycles. The summed E-state index contributed by atoms with van der Waals surface area (Å²) in [5, 5.41) is 18.9. The Bertz CT molecular complexity index is 769. The van der Waals surface area contributed by atoms with Crippen LogP contribution in [-0.4, -0.2) is 16.2 Å². The van der Waals surface area contributed by atoms with Crippen molar-refractivity contribution in [2.45, 2.75) is 24.5 Å². The van der Waals surface area contributed by atoms with Crippen molar-refractivity contribution in [3.8, 4) is 0 Å². The zero-order valence-corrected chi connectivity index (χ0v) is 14.4. The van der Waals surface area contributed by atoms with Gasteiger partial charge in [0.2, 0.25) is 0 Å². The molecule has 5 heteroatoms. The van der Waals surface area contributed by atoms with Gasteiger partial charge in [0.25, 0.3) is 0 Å². The Balaban J connectivity index is 2.36. The third-order valence-corrected chi connectivity index (χ3v) is 5.10. The van der Waals surface area contributed by atoms with Gasteiger partial charge in [-0.2, -0.15) is 0 Å². The van der Waals surface area contributed by atoms with Crippen LogP contribution >= 0.6 is 23.4 Å². The molecule has 0 heterocycles. The van der Waals surface area contributed by atoms with E-state index >= 15 is 0 Å². The molecule has 23 heavy (non-hydrogen) atoms. The number of rotatable bonds is 5. The lowest BCUT2D eigenvalue weighted by molar-refractivity contribution is -0.130. The molecule has 0 saturated carbocycles. The Kier molecular flexibility index (Phi) is 5.74. The summed E-state index contributed by atoms with van der Waals surface area (Å²) in [6.07, 6.45) is 0.607. The van der Waals surface area contributed by atoms with Gasteiger partial charge >= 0.3 is 5.97 Å². The molecular formula is C18H17ClO3S. The van der Waals surface area contributed by atoms with Crippen molar-refractivity contribution in [2.24, 2.45) is 0 Å². The van der Waals surface area contributed by atoms with Crippen LogP contribution in [0.3, 0.4) is 0 Å². The zero-order valence-electron chi connectivity index (χ0n) is 12.8. The van der Waals surface area contributed by atoms with E-state index in [1.165, 1.54) is 28.5 Å². The molecule has 0 spiro atoms. The predicted octanol–water partition coefficient (Wildman–Crippen LogP) is 5.23. The number of carbonyl (C=O) groups is 1. The summed E-state index contributed by atoms with van der Waals surface area (Å²) >= 11 is 7.71. The summed E-state index contributed by atoms with van der Waals surface area (Å²) < 4.78 is 0. The largest absolute Gasteiger partial charge is 0.515 e. The van der Waals surface area contributed by atoms with Gasteiger partial charge in [-0.15, -0.1) is 11.8 Å². The summed E-state index contributed by atoms with van der Waals surface area (Å²) in [5.41, 5.74) is 3.77. The van der Waals surface area contributed by atoms with Crippen LogP contribution in [0.1, 0.15) is 22.3 Å². The van der Waals surface area contributed by atoms with Crippen LogP contribution in [-0.2, 0) is 10.5 Å². The van der Waals surface area contributed by atoms with E-state index in [0.717, 1.165) is 0 Å². The third kappa shape index (κ3) is 4.09. The van der Waals surface area contributed by atoms with Crippen LogP contribution in [0, 0.1) is 13.8 Å². The lowest BCUT2D eigenvalue weighted by Crippen LogP contribution is -2.02. The summed E-state index contributed by atoms with van der Waals surface area (Å²) in [5.74, 6) is -0.522. The number of hydrogen-bond acceptors (Lipinski definition) is 3. The molecule has 0 bridgehead atoms. The standard InChI is InChI=1S/C18H17ClO3S/c1-11-6-7-12(2)13(8-11)10-23-17-14(4-3-5-16(17)19)15(9-20)18(21)22/h3-9,20H,10H2,1-2H3,(H,21,22)/b15-9+. The number of aryl methyl sites for hydroxylation is 2. The zero-order chi connectivity index (χ0) is 17.0. The van der Waals surface area contributed by atoms with Gasteiger partial charge in [-0.25, -0.2) is 4.79 Å². The second kappa shape index (κ2) is 7.57. The molecule has 3 nitrogen and oxygen atoms in total. The smallest absolute Gasteiger partial charge is 0.339 e. The molecule has 0 atom stereocenters. The topological polar surface area (TPSA) is 57.5 Å². The molecule has 0 aliphatic carbocycles. The van der Waals surface area contributed by atoms with E-state index in [2.05, 4.69) is 18.2 Å². The Morgan fingerprint density at radius 3 is 2.65 bits per heavy atom. The van der Waals surface area contributed by atoms with Crippen molar-refractivity contribution in [3.05, 3.63) is 69.9 Å². The van der Waals surface area contributed by atoms with Gasteiger partial charge in [-0.1, -0.05) is 47.5 Å². The molecule has 2 aromatic rings. The van der Waals surface area contributed by atoms with E-state index in [1.54, 1.807) is 18.2 Å². The van der Waals surface area contributed by atoms with E-state index in [1.807, 2.05) is 13.8 Å². The number of carboxylic acids is 1. The minimum absolute atomic E-state index is 0.170. The van der Waals surface area contributed by atoms with Crippen LogP contribution in [0.15, 0.2) is 47.6 Å². The van der Waals surface area contributed by atoms with Gasteiger partial charge in [-0.3, -0.25) is 0 Å². The molecule has 0 amide bonds. The summed E-state index contributed by atoms with van der Waals surface area (Å²) in [4.78, 5) is 11.9. The second-order valence-corrected chi connectivity index (χ2v) is 6.58. The Morgan fingerprint density at radius 2 is 2.00 bits per heavy atom. The average molecular weight is 349 g/mol. The average Bonchev–Trinajstić information content (AvgIpc) is 2.50. The van der Waals surface area contributed by atoms with E-state index in [9.17, 15) is 15.0 Å². The molecule has 0 radical (unpaired) electrons. The molecule has 120 valence electrons. The van der Waals surface area contributed by atoms with E-state index in [-0.39, 0.29) is 5.57 Å². The van der Waals surface area contributed by atoms with Crippen LogP contribution in [0.5, 0.6) is 0 Å². The highest BCUT2D eigenvalue weighted by Crippen LogP contribution is 2.36. The number of thioether (sulfide) groups is 1. The number of carboxylic acid groups (broad SMARTS) is 1. The van der Waals surface area contributed by atoms with E-state index in [0.29, 0.717) is 27.5 Å². The van der Waals surface area contributed by atoms with Gasteiger partial charge in [0.15, 0.2) is 0 Å². The Labute approximate surface area is 144 Å². The summed E-state index contributed by atoms with van der Waals surface area (Å²) in [7, 11) is 0. The van der Waals surface area contributed by atoms with E-state index in [4.69, 9.17) is 11.6 Å². The van der Waals surface area contributed by atoms with Gasteiger partial charge in [0.05, 0.1) is 11.3 Å². The van der Waals surface area contributed by atoms with Crippen molar-refractivity contribution in [1.82, 2.24) is 0 Å². The molecule has 0 aromatic heterocycles. The molecule has 0 aliphatic heterocycles. The van der Waals surface area contributed by atoms with Gasteiger partial charge in [-0.05, 0) is 31.0 Å². The fourth-order valence-corrected chi connectivity index (χ4v) is 3.70. The van der Waals surface area contributed by atoms with Crippen molar-refractivity contribution in [1.29, 1.82) is 0 Å². The third-order valence-electron chi connectivity index (χ3n) is 3.49. The lowest BCUT2D eigenvalue weighted by Gasteiger charge is -2.12. The number of halogens is 1. The van der Waals surface area contributed by atoms with Crippen LogP contribution < -0.4 is 0 Å². The monoisotopic (exact) mass is 348 g/mol. The van der Waals surface area contributed by atoms with Crippen LogP contribution in [0.4, 0.5) is 0 Å². The maximum absolute atomic E-state index is 11.3. The maximum Gasteiger partial charge on any atom is 0.339 e. The molecule has 2 N–H and O–H groups in total. The summed E-state index contributed by atoms with van der Waals surface area (Å²) in [6, 6.07) is 11.3. The van der Waals surface area contributed by atoms with Crippen molar-refractivity contribution >= 4 is 34.9 Å². The SMILES string of the molecule is Cc1ccc(C)c(CSc2c(Cl)cccc2/C(=C\O)C(=O)O)c1. The number of aliphatic hydroxyl groups is 1. The first-order valence-corrected chi connectivity index (χ1v) is 8.36. The van der Waals surface area contributed by atoms with Gasteiger partial charge in [0.1, 0.15) is 5.57 Å². The van der Waals surface area contributed by atoms with Crippen LogP contribution in [0.25, 0.3) is 5.57 Å². The second-order valence-electron chi connectivity index (χ2n) is 5.18. The molecule has 0 unspecified atom stereocenters. The highest BCUT2D eigenvalue weighted by molar-refractivity contribution is 7.98. The van der Waals surface area contributed by atoms with Gasteiger partial charge in [0, 0.05) is 16.2 Å². The molecule has 0 aliphatic rings. The van der Waals surface area contributed by atoms with Crippen molar-refractivity contribution < 1.29 is 15.0 Å². The fraction of sp³-hybridized carbons (Fsp3) is 0.167. The number of hydrogen-bond donors (Lipinski definition) is 2. The number of aliphatic carboxylic acids is 1. The first-order valence-electron chi connectivity index (χ1n) is 6.99. The maximum atomic E-state index is 11.3. The van der Waals surface area contributed by atoms with Crippen molar-refractivity contribution in [3.63, 3.8) is 0 Å². The molecule has 0 saturated heterocycles. The van der Waals surface area contributed by atoms with E-state index < -0.39 is 5.97 Å². The Hall–Kier alpha value is -1.91. The highest BCUT2D eigenvalue weighted by atomic mass is 35.5. The number of aliphatic hydroxyl groups excluding tert-OH is 1.